The van der Waals surface area contributed by atoms with Crippen molar-refractivity contribution in [3.63, 3.8) is 0 Å². The Labute approximate surface area is 128 Å². The summed E-state index contributed by atoms with van der Waals surface area (Å²) in [4.78, 5) is 0. The van der Waals surface area contributed by atoms with E-state index in [-0.39, 0.29) is 5.41 Å². The van der Waals surface area contributed by atoms with E-state index >= 15 is 0 Å². The van der Waals surface area contributed by atoms with E-state index in [1.54, 1.807) is 0 Å². The van der Waals surface area contributed by atoms with E-state index in [1.807, 2.05) is 6.92 Å². The predicted octanol–water partition coefficient (Wildman–Crippen LogP) is 3.68. The number of rotatable bonds is 3. The molecule has 3 N–H and O–H groups in total. The van der Waals surface area contributed by atoms with Crippen LogP contribution in [0.25, 0.3) is 0 Å². The van der Waals surface area contributed by atoms with Crippen molar-refractivity contribution >= 4 is 0 Å². The van der Waals surface area contributed by atoms with Crippen molar-refractivity contribution in [2.24, 2.45) is 11.1 Å². The number of nitrogens with two attached hydrogens (primary N) is 1. The van der Waals surface area contributed by atoms with Crippen LogP contribution in [0.2, 0.25) is 0 Å². The van der Waals surface area contributed by atoms with Gasteiger partial charge in [0, 0.05) is 12.0 Å². The zero-order chi connectivity index (χ0) is 14.9. The molecule has 1 aromatic rings. The summed E-state index contributed by atoms with van der Waals surface area (Å²) in [5, 5.41) is 11.4. The van der Waals surface area contributed by atoms with E-state index in [4.69, 9.17) is 5.73 Å². The number of aryl methyl sites for hydroxylation is 2. The summed E-state index contributed by atoms with van der Waals surface area (Å²) in [6, 6.07) is 6.65. The van der Waals surface area contributed by atoms with Crippen LogP contribution in [-0.4, -0.2) is 11.7 Å². The third kappa shape index (κ3) is 2.53. The van der Waals surface area contributed by atoms with Crippen molar-refractivity contribution < 1.29 is 5.11 Å². The molecule has 0 saturated heterocycles. The average Bonchev–Trinajstić information content (AvgIpc) is 2.54. The molecule has 1 unspecified atom stereocenters. The summed E-state index contributed by atoms with van der Waals surface area (Å²) in [5.74, 6) is 0. The van der Waals surface area contributed by atoms with Crippen LogP contribution < -0.4 is 5.73 Å². The van der Waals surface area contributed by atoms with Gasteiger partial charge in [-0.2, -0.15) is 0 Å². The second kappa shape index (κ2) is 5.73. The Morgan fingerprint density at radius 3 is 2.38 bits per heavy atom. The molecule has 1 saturated carbocycles. The molecule has 0 amide bonds. The Kier molecular flexibility index (Phi) is 4.11. The van der Waals surface area contributed by atoms with Crippen LogP contribution >= 0.6 is 0 Å². The number of fused-ring (bicyclic) bond motifs is 1. The first-order valence-corrected chi connectivity index (χ1v) is 8.64. The summed E-state index contributed by atoms with van der Waals surface area (Å²) < 4.78 is 0. The Hall–Kier alpha value is -0.860. The third-order valence-corrected chi connectivity index (χ3v) is 6.14. The van der Waals surface area contributed by atoms with Crippen molar-refractivity contribution in [3.05, 3.63) is 34.9 Å². The minimum Gasteiger partial charge on any atom is -0.385 e. The molecule has 2 nitrogen and oxygen atoms in total. The van der Waals surface area contributed by atoms with Gasteiger partial charge in [-0.3, -0.25) is 0 Å². The van der Waals surface area contributed by atoms with E-state index < -0.39 is 5.60 Å². The number of benzene rings is 1. The molecule has 0 heterocycles. The molecule has 1 fully saturated rings. The summed E-state index contributed by atoms with van der Waals surface area (Å²) >= 11 is 0. The Bertz CT molecular complexity index is 500. The van der Waals surface area contributed by atoms with E-state index in [0.717, 1.165) is 24.8 Å². The van der Waals surface area contributed by atoms with Crippen molar-refractivity contribution in [3.8, 4) is 0 Å². The van der Waals surface area contributed by atoms with Crippen LogP contribution in [-0.2, 0) is 18.4 Å². The van der Waals surface area contributed by atoms with Crippen LogP contribution in [0.3, 0.4) is 0 Å². The van der Waals surface area contributed by atoms with Crippen molar-refractivity contribution in [2.75, 3.05) is 6.54 Å². The highest BCUT2D eigenvalue weighted by Gasteiger charge is 2.47. The number of hydrogen-bond acceptors (Lipinski definition) is 2. The first-order chi connectivity index (χ1) is 10.1. The van der Waals surface area contributed by atoms with E-state index in [9.17, 15) is 5.11 Å². The summed E-state index contributed by atoms with van der Waals surface area (Å²) in [5.41, 5.74) is 9.19. The second-order valence-corrected chi connectivity index (χ2v) is 7.31. The zero-order valence-corrected chi connectivity index (χ0v) is 13.3. The summed E-state index contributed by atoms with van der Waals surface area (Å²) in [6.45, 7) is 2.58. The molecule has 0 spiro atoms. The van der Waals surface area contributed by atoms with Gasteiger partial charge in [0.1, 0.15) is 0 Å². The first kappa shape index (κ1) is 15.1. The predicted molar refractivity (Wildman–Crippen MR) is 87.2 cm³/mol. The highest BCUT2D eigenvalue weighted by atomic mass is 16.3. The van der Waals surface area contributed by atoms with Crippen LogP contribution in [0.1, 0.15) is 68.6 Å². The zero-order valence-electron chi connectivity index (χ0n) is 13.3. The van der Waals surface area contributed by atoms with E-state index in [2.05, 4.69) is 18.2 Å². The van der Waals surface area contributed by atoms with Gasteiger partial charge in [-0.1, -0.05) is 37.5 Å². The molecule has 116 valence electrons. The second-order valence-electron chi connectivity index (χ2n) is 7.31. The molecule has 0 aromatic heterocycles. The highest BCUT2D eigenvalue weighted by molar-refractivity contribution is 5.37. The lowest BCUT2D eigenvalue weighted by Crippen LogP contribution is -2.49. The molecule has 0 radical (unpaired) electrons. The van der Waals surface area contributed by atoms with Gasteiger partial charge in [-0.25, -0.2) is 0 Å². The molecule has 0 aliphatic heterocycles. The van der Waals surface area contributed by atoms with Crippen molar-refractivity contribution in [1.82, 2.24) is 0 Å². The standard InChI is InChI=1S/C19H29NO/c1-18(21,19(14-20)11-5-2-6-12-19)17-10-9-15-7-3-4-8-16(15)13-17/h9-10,13,21H,2-8,11-12,14,20H2,1H3. The number of hydrogen-bond donors (Lipinski definition) is 2. The molecule has 0 bridgehead atoms. The topological polar surface area (TPSA) is 46.2 Å². The lowest BCUT2D eigenvalue weighted by Gasteiger charge is -2.48. The molecular weight excluding hydrogens is 258 g/mol. The Balaban J connectivity index is 1.96. The largest absolute Gasteiger partial charge is 0.385 e. The van der Waals surface area contributed by atoms with Crippen molar-refractivity contribution in [1.29, 1.82) is 0 Å². The van der Waals surface area contributed by atoms with Crippen LogP contribution in [0.15, 0.2) is 18.2 Å². The fourth-order valence-corrected chi connectivity index (χ4v) is 4.46. The maximum Gasteiger partial charge on any atom is 0.0936 e. The average molecular weight is 287 g/mol. The van der Waals surface area contributed by atoms with Gasteiger partial charge in [0.15, 0.2) is 0 Å². The molecular formula is C19H29NO. The van der Waals surface area contributed by atoms with E-state index in [1.165, 1.54) is 49.7 Å². The SMILES string of the molecule is CC(O)(c1ccc2c(c1)CCCC2)C1(CN)CCCCC1. The normalized spacial score (nSPS) is 24.1. The van der Waals surface area contributed by atoms with Gasteiger partial charge in [0.2, 0.25) is 0 Å². The number of aliphatic hydroxyl groups is 1. The van der Waals surface area contributed by atoms with Crippen molar-refractivity contribution in [2.45, 2.75) is 70.3 Å². The minimum atomic E-state index is -0.811. The fraction of sp³-hybridized carbons (Fsp3) is 0.684. The first-order valence-electron chi connectivity index (χ1n) is 8.64. The Morgan fingerprint density at radius 1 is 1.05 bits per heavy atom. The highest BCUT2D eigenvalue weighted by Crippen LogP contribution is 2.49. The van der Waals surface area contributed by atoms with Gasteiger partial charge in [-0.05, 0) is 62.1 Å². The molecule has 1 aromatic carbocycles. The van der Waals surface area contributed by atoms with Gasteiger partial charge >= 0.3 is 0 Å². The maximum atomic E-state index is 11.4. The fourth-order valence-electron chi connectivity index (χ4n) is 4.46. The van der Waals surface area contributed by atoms with E-state index in [0.29, 0.717) is 6.54 Å². The summed E-state index contributed by atoms with van der Waals surface area (Å²) in [6.07, 6.45) is 10.7. The lowest BCUT2D eigenvalue weighted by atomic mass is 9.61. The van der Waals surface area contributed by atoms with Gasteiger partial charge < -0.3 is 10.8 Å². The summed E-state index contributed by atoms with van der Waals surface area (Å²) in [7, 11) is 0. The maximum absolute atomic E-state index is 11.4. The minimum absolute atomic E-state index is 0.145. The van der Waals surface area contributed by atoms with Gasteiger partial charge in [0.25, 0.3) is 0 Å². The Morgan fingerprint density at radius 2 is 1.71 bits per heavy atom. The monoisotopic (exact) mass is 287 g/mol. The smallest absolute Gasteiger partial charge is 0.0936 e. The van der Waals surface area contributed by atoms with Crippen LogP contribution in [0, 0.1) is 5.41 Å². The van der Waals surface area contributed by atoms with Gasteiger partial charge in [0.05, 0.1) is 5.60 Å². The molecule has 1 atom stereocenters. The third-order valence-electron chi connectivity index (χ3n) is 6.14. The lowest BCUT2D eigenvalue weighted by molar-refractivity contribution is -0.0919. The quantitative estimate of drug-likeness (QED) is 0.890. The van der Waals surface area contributed by atoms with Gasteiger partial charge in [-0.15, -0.1) is 0 Å². The molecule has 21 heavy (non-hydrogen) atoms. The molecule has 2 heteroatoms. The van der Waals surface area contributed by atoms with Crippen LogP contribution in [0.5, 0.6) is 0 Å². The van der Waals surface area contributed by atoms with Crippen LogP contribution in [0.4, 0.5) is 0 Å². The molecule has 2 aliphatic rings. The molecule has 3 rings (SSSR count). The molecule has 2 aliphatic carbocycles.